The third kappa shape index (κ3) is 2.12. The summed E-state index contributed by atoms with van der Waals surface area (Å²) in [5.41, 5.74) is 3.18. The number of nitrogens with zero attached hydrogens (tertiary/aromatic N) is 2. The van der Waals surface area contributed by atoms with Crippen molar-refractivity contribution in [3.8, 4) is 18.2 Å². The molecule has 74 valence electrons. The number of terminal acetylenes is 1. The van der Waals surface area contributed by atoms with Crippen molar-refractivity contribution < 1.29 is 4.74 Å². The minimum atomic E-state index is -0.325. The van der Waals surface area contributed by atoms with Crippen LogP contribution < -0.4 is 16.0 Å². The zero-order chi connectivity index (χ0) is 10.6. The van der Waals surface area contributed by atoms with E-state index in [1.165, 1.54) is 6.33 Å². The zero-order valence-electron chi connectivity index (χ0n) is 8.11. The number of hydrogen-bond donors (Lipinski definition) is 2. The normalized spacial score (nSPS) is 11.6. The van der Waals surface area contributed by atoms with Gasteiger partial charge in [-0.3, -0.25) is 0 Å². The van der Waals surface area contributed by atoms with Crippen molar-refractivity contribution in [2.45, 2.75) is 20.0 Å². The molecule has 0 bridgehead atoms. The molecule has 0 spiro atoms. The quantitative estimate of drug-likeness (QED) is 0.414. The van der Waals surface area contributed by atoms with Crippen LogP contribution in [0.25, 0.3) is 0 Å². The van der Waals surface area contributed by atoms with Crippen LogP contribution >= 0.6 is 0 Å². The van der Waals surface area contributed by atoms with Gasteiger partial charge in [-0.25, -0.2) is 15.8 Å². The maximum Gasteiger partial charge on any atom is 0.222 e. The van der Waals surface area contributed by atoms with E-state index >= 15 is 0 Å². The molecule has 0 saturated carbocycles. The van der Waals surface area contributed by atoms with Crippen molar-refractivity contribution in [2.75, 3.05) is 5.43 Å². The summed E-state index contributed by atoms with van der Waals surface area (Å²) in [5.74, 6) is 8.66. The molecule has 0 aromatic carbocycles. The number of hydrazine groups is 1. The lowest BCUT2D eigenvalue weighted by Crippen LogP contribution is -2.14. The maximum absolute atomic E-state index is 5.35. The molecule has 1 unspecified atom stereocenters. The molecule has 5 heteroatoms. The second-order valence-electron chi connectivity index (χ2n) is 2.72. The van der Waals surface area contributed by atoms with Gasteiger partial charge in [-0.2, -0.15) is 0 Å². The molecular formula is C9H12N4O. The lowest BCUT2D eigenvalue weighted by Gasteiger charge is -2.11. The fourth-order valence-corrected chi connectivity index (χ4v) is 0.900. The summed E-state index contributed by atoms with van der Waals surface area (Å²) in [6.45, 7) is 3.56. The van der Waals surface area contributed by atoms with Gasteiger partial charge in [0, 0.05) is 0 Å². The Hall–Kier alpha value is -1.80. The van der Waals surface area contributed by atoms with Crippen LogP contribution in [0.2, 0.25) is 0 Å². The van der Waals surface area contributed by atoms with Gasteiger partial charge in [-0.05, 0) is 13.8 Å². The highest BCUT2D eigenvalue weighted by atomic mass is 16.5. The molecule has 0 aliphatic heterocycles. The number of aromatic nitrogens is 2. The Labute approximate surface area is 82.7 Å². The average molecular weight is 192 g/mol. The van der Waals surface area contributed by atoms with Gasteiger partial charge in [0.05, 0.1) is 5.56 Å². The van der Waals surface area contributed by atoms with Crippen LogP contribution in [-0.4, -0.2) is 16.1 Å². The number of nitrogens with two attached hydrogens (primary N) is 1. The van der Waals surface area contributed by atoms with Crippen LogP contribution in [0.4, 0.5) is 5.82 Å². The first-order valence-electron chi connectivity index (χ1n) is 4.10. The van der Waals surface area contributed by atoms with Crippen molar-refractivity contribution in [1.29, 1.82) is 0 Å². The average Bonchev–Trinajstić information content (AvgIpc) is 2.21. The van der Waals surface area contributed by atoms with Gasteiger partial charge < -0.3 is 10.2 Å². The number of nitrogens with one attached hydrogen (secondary N) is 1. The highest BCUT2D eigenvalue weighted by Crippen LogP contribution is 2.20. The summed E-state index contributed by atoms with van der Waals surface area (Å²) >= 11 is 0. The first-order chi connectivity index (χ1) is 6.69. The van der Waals surface area contributed by atoms with Crippen LogP contribution in [0, 0.1) is 19.3 Å². The molecule has 0 amide bonds. The summed E-state index contributed by atoms with van der Waals surface area (Å²) < 4.78 is 5.35. The zero-order valence-corrected chi connectivity index (χ0v) is 8.11. The van der Waals surface area contributed by atoms with E-state index in [0.29, 0.717) is 11.7 Å². The van der Waals surface area contributed by atoms with E-state index < -0.39 is 0 Å². The number of ether oxygens (including phenoxy) is 1. The molecule has 14 heavy (non-hydrogen) atoms. The van der Waals surface area contributed by atoms with Gasteiger partial charge in [0.15, 0.2) is 6.10 Å². The standard InChI is InChI=1S/C9H12N4O/c1-4-6(2)14-9-7(3)8(13-10)11-5-12-9/h1,5-6H,10H2,2-3H3,(H,11,12,13). The molecular weight excluding hydrogens is 180 g/mol. The molecule has 0 saturated heterocycles. The van der Waals surface area contributed by atoms with Gasteiger partial charge in [0.1, 0.15) is 12.1 Å². The molecule has 0 aliphatic rings. The second-order valence-corrected chi connectivity index (χ2v) is 2.72. The maximum atomic E-state index is 5.35. The van der Waals surface area contributed by atoms with E-state index in [-0.39, 0.29) is 6.10 Å². The van der Waals surface area contributed by atoms with Gasteiger partial charge in [-0.15, -0.1) is 6.42 Å². The number of hydrogen-bond acceptors (Lipinski definition) is 5. The molecule has 0 fully saturated rings. The molecule has 3 N–H and O–H groups in total. The summed E-state index contributed by atoms with van der Waals surface area (Å²) in [5, 5.41) is 0. The monoisotopic (exact) mass is 192 g/mol. The number of rotatable bonds is 3. The predicted octanol–water partition coefficient (Wildman–Crippen LogP) is 0.471. The van der Waals surface area contributed by atoms with Gasteiger partial charge in [0.2, 0.25) is 5.88 Å². The third-order valence-electron chi connectivity index (χ3n) is 1.70. The first-order valence-corrected chi connectivity index (χ1v) is 4.10. The Morgan fingerprint density at radius 1 is 1.64 bits per heavy atom. The van der Waals surface area contributed by atoms with E-state index in [0.717, 1.165) is 5.56 Å². The van der Waals surface area contributed by atoms with Crippen LogP contribution in [0.5, 0.6) is 5.88 Å². The third-order valence-corrected chi connectivity index (χ3v) is 1.70. The molecule has 1 aromatic rings. The van der Waals surface area contributed by atoms with Crippen LogP contribution in [0.1, 0.15) is 12.5 Å². The molecule has 0 radical (unpaired) electrons. The summed E-state index contributed by atoms with van der Waals surface area (Å²) in [6, 6.07) is 0. The molecule has 0 aliphatic carbocycles. The van der Waals surface area contributed by atoms with E-state index in [1.807, 2.05) is 0 Å². The van der Waals surface area contributed by atoms with Crippen LogP contribution in [-0.2, 0) is 0 Å². The van der Waals surface area contributed by atoms with E-state index in [1.54, 1.807) is 13.8 Å². The highest BCUT2D eigenvalue weighted by Gasteiger charge is 2.08. The minimum Gasteiger partial charge on any atom is -0.461 e. The van der Waals surface area contributed by atoms with Crippen molar-refractivity contribution in [2.24, 2.45) is 5.84 Å². The van der Waals surface area contributed by atoms with Crippen molar-refractivity contribution in [3.05, 3.63) is 11.9 Å². The van der Waals surface area contributed by atoms with Crippen LogP contribution in [0.3, 0.4) is 0 Å². The van der Waals surface area contributed by atoms with Gasteiger partial charge >= 0.3 is 0 Å². The van der Waals surface area contributed by atoms with E-state index in [2.05, 4.69) is 21.3 Å². The van der Waals surface area contributed by atoms with Crippen LogP contribution in [0.15, 0.2) is 6.33 Å². The molecule has 1 aromatic heterocycles. The fraction of sp³-hybridized carbons (Fsp3) is 0.333. The molecule has 5 nitrogen and oxygen atoms in total. The molecule has 1 heterocycles. The van der Waals surface area contributed by atoms with Crippen molar-refractivity contribution >= 4 is 5.82 Å². The Balaban J connectivity index is 2.93. The topological polar surface area (TPSA) is 73.1 Å². The van der Waals surface area contributed by atoms with Gasteiger partial charge in [0.25, 0.3) is 0 Å². The Morgan fingerprint density at radius 3 is 2.93 bits per heavy atom. The van der Waals surface area contributed by atoms with Crippen molar-refractivity contribution in [3.63, 3.8) is 0 Å². The SMILES string of the molecule is C#CC(C)Oc1ncnc(NN)c1C. The lowest BCUT2D eigenvalue weighted by molar-refractivity contribution is 0.265. The summed E-state index contributed by atoms with van der Waals surface area (Å²) in [6.07, 6.45) is 6.22. The Morgan fingerprint density at radius 2 is 2.36 bits per heavy atom. The van der Waals surface area contributed by atoms with Gasteiger partial charge in [-0.1, -0.05) is 5.92 Å². The Bertz CT molecular complexity index is 358. The van der Waals surface area contributed by atoms with E-state index in [4.69, 9.17) is 17.0 Å². The highest BCUT2D eigenvalue weighted by molar-refractivity contribution is 5.46. The predicted molar refractivity (Wildman–Crippen MR) is 53.5 cm³/mol. The summed E-state index contributed by atoms with van der Waals surface area (Å²) in [4.78, 5) is 7.86. The number of nitrogen functional groups attached to an aromatic ring is 1. The smallest absolute Gasteiger partial charge is 0.222 e. The Kier molecular flexibility index (Phi) is 3.26. The largest absolute Gasteiger partial charge is 0.461 e. The summed E-state index contributed by atoms with van der Waals surface area (Å²) in [7, 11) is 0. The van der Waals surface area contributed by atoms with Crippen molar-refractivity contribution in [1.82, 2.24) is 9.97 Å². The fourth-order valence-electron chi connectivity index (χ4n) is 0.900. The number of anilines is 1. The van der Waals surface area contributed by atoms with E-state index in [9.17, 15) is 0 Å². The second kappa shape index (κ2) is 4.44. The minimum absolute atomic E-state index is 0.325. The molecule has 1 atom stereocenters. The lowest BCUT2D eigenvalue weighted by atomic mass is 10.3. The first kappa shape index (κ1) is 10.3. The molecule has 1 rings (SSSR count).